The lowest BCUT2D eigenvalue weighted by molar-refractivity contribution is 0.0948. The number of nitrogens with one attached hydrogen (secondary N) is 1. The van der Waals surface area contributed by atoms with Gasteiger partial charge in [0.25, 0.3) is 5.91 Å². The molecule has 0 bridgehead atoms. The van der Waals surface area contributed by atoms with Crippen molar-refractivity contribution < 1.29 is 4.79 Å². The monoisotopic (exact) mass is 266 g/mol. The van der Waals surface area contributed by atoms with Crippen LogP contribution in [0.25, 0.3) is 0 Å². The Hall–Kier alpha value is -1.00. The normalized spacial score (nSPS) is 10.7. The van der Waals surface area contributed by atoms with Crippen molar-refractivity contribution in [1.29, 1.82) is 0 Å². The molecule has 1 rings (SSSR count). The van der Waals surface area contributed by atoms with Gasteiger partial charge in [0, 0.05) is 23.5 Å². The summed E-state index contributed by atoms with van der Waals surface area (Å²) in [5.41, 5.74) is 0.686. The number of likely N-dealkylation sites (N-methyl/N-ethyl adjacent to an activating group) is 1. The van der Waals surface area contributed by atoms with Crippen LogP contribution in [0.1, 0.15) is 30.6 Å². The van der Waals surface area contributed by atoms with Gasteiger partial charge in [-0.2, -0.15) is 0 Å². The van der Waals surface area contributed by atoms with Crippen molar-refractivity contribution in [3.8, 4) is 0 Å². The van der Waals surface area contributed by atoms with E-state index >= 15 is 0 Å². The molecule has 1 amide bonds. The van der Waals surface area contributed by atoms with E-state index in [2.05, 4.69) is 36.7 Å². The molecule has 0 aliphatic heterocycles. The number of rotatable bonds is 7. The summed E-state index contributed by atoms with van der Waals surface area (Å²) in [6.07, 6.45) is 1.14. The van der Waals surface area contributed by atoms with E-state index in [0.29, 0.717) is 12.1 Å². The van der Waals surface area contributed by atoms with Crippen molar-refractivity contribution in [3.63, 3.8) is 0 Å². The van der Waals surface area contributed by atoms with E-state index < -0.39 is 0 Å². The van der Waals surface area contributed by atoms with Crippen molar-refractivity contribution in [1.82, 2.24) is 10.2 Å². The van der Waals surface area contributed by atoms with E-state index in [1.165, 1.54) is 0 Å². The minimum Gasteiger partial charge on any atom is -0.351 e. The van der Waals surface area contributed by atoms with Gasteiger partial charge < -0.3 is 10.2 Å². The molecule has 0 aliphatic rings. The Labute approximate surface area is 115 Å². The van der Waals surface area contributed by atoms with Crippen LogP contribution in [0.5, 0.6) is 0 Å². The molecule has 0 spiro atoms. The third-order valence-electron chi connectivity index (χ3n) is 2.83. The summed E-state index contributed by atoms with van der Waals surface area (Å²) >= 11 is 4.20. The third kappa shape index (κ3) is 5.10. The molecule has 3 nitrogen and oxygen atoms in total. The quantitative estimate of drug-likeness (QED) is 0.743. The smallest absolute Gasteiger partial charge is 0.251 e. The molecule has 1 N–H and O–H groups in total. The number of benzene rings is 1. The van der Waals surface area contributed by atoms with Gasteiger partial charge >= 0.3 is 0 Å². The minimum absolute atomic E-state index is 0.0177. The summed E-state index contributed by atoms with van der Waals surface area (Å²) in [5, 5.41) is 2.94. The molecule has 0 aromatic heterocycles. The Morgan fingerprint density at radius 3 is 2.44 bits per heavy atom. The zero-order valence-corrected chi connectivity index (χ0v) is 12.0. The lowest BCUT2D eigenvalue weighted by Gasteiger charge is -2.19. The molecule has 0 fully saturated rings. The Morgan fingerprint density at radius 1 is 1.22 bits per heavy atom. The second-order valence-corrected chi connectivity index (χ2v) is 4.75. The first-order valence-corrected chi connectivity index (χ1v) is 6.91. The van der Waals surface area contributed by atoms with Gasteiger partial charge in [-0.15, -0.1) is 12.6 Å². The summed E-state index contributed by atoms with van der Waals surface area (Å²) in [7, 11) is 0. The molecule has 0 saturated heterocycles. The van der Waals surface area contributed by atoms with Crippen molar-refractivity contribution in [2.45, 2.75) is 25.2 Å². The first kappa shape index (κ1) is 15.1. The second-order valence-electron chi connectivity index (χ2n) is 4.24. The maximum absolute atomic E-state index is 11.8. The van der Waals surface area contributed by atoms with E-state index in [0.717, 1.165) is 31.0 Å². The van der Waals surface area contributed by atoms with Gasteiger partial charge in [0.15, 0.2) is 0 Å². The molecular weight excluding hydrogens is 244 g/mol. The van der Waals surface area contributed by atoms with E-state index in [9.17, 15) is 4.79 Å². The molecule has 1 aromatic carbocycles. The fraction of sp³-hybridized carbons (Fsp3) is 0.500. The molecule has 0 saturated carbocycles. The van der Waals surface area contributed by atoms with Crippen molar-refractivity contribution in [2.75, 3.05) is 26.2 Å². The van der Waals surface area contributed by atoms with E-state index in [1.807, 2.05) is 12.1 Å². The number of hydrogen-bond donors (Lipinski definition) is 2. The molecular formula is C14H22N2OS. The van der Waals surface area contributed by atoms with Crippen LogP contribution >= 0.6 is 12.6 Å². The molecule has 0 atom stereocenters. The summed E-state index contributed by atoms with van der Waals surface area (Å²) in [6, 6.07) is 7.24. The van der Waals surface area contributed by atoms with Gasteiger partial charge in [0.1, 0.15) is 0 Å². The summed E-state index contributed by atoms with van der Waals surface area (Å²) in [4.78, 5) is 15.0. The van der Waals surface area contributed by atoms with Crippen molar-refractivity contribution in [3.05, 3.63) is 29.8 Å². The Kier molecular flexibility index (Phi) is 6.83. The first-order chi connectivity index (χ1) is 8.67. The van der Waals surface area contributed by atoms with Crippen LogP contribution in [0.3, 0.4) is 0 Å². The van der Waals surface area contributed by atoms with Gasteiger partial charge in [-0.1, -0.05) is 13.8 Å². The maximum atomic E-state index is 11.8. The molecule has 4 heteroatoms. The lowest BCUT2D eigenvalue weighted by atomic mass is 10.2. The highest BCUT2D eigenvalue weighted by Crippen LogP contribution is 2.07. The molecule has 0 radical (unpaired) electrons. The molecule has 0 heterocycles. The fourth-order valence-corrected chi connectivity index (χ4v) is 1.94. The van der Waals surface area contributed by atoms with Crippen LogP contribution < -0.4 is 5.32 Å². The Balaban J connectivity index is 2.35. The van der Waals surface area contributed by atoms with Crippen LogP contribution in [-0.2, 0) is 0 Å². The average Bonchev–Trinajstić information content (AvgIpc) is 2.38. The zero-order valence-electron chi connectivity index (χ0n) is 11.1. The largest absolute Gasteiger partial charge is 0.351 e. The standard InChI is InChI=1S/C14H22N2OS/c1-3-10-16(4-2)11-9-15-14(17)12-5-7-13(18)8-6-12/h5-8,18H,3-4,9-11H2,1-2H3,(H,15,17). The van der Waals surface area contributed by atoms with E-state index in [-0.39, 0.29) is 5.91 Å². The summed E-state index contributed by atoms with van der Waals surface area (Å²) in [6.45, 7) is 8.01. The number of nitrogens with zero attached hydrogens (tertiary/aromatic N) is 1. The predicted molar refractivity (Wildman–Crippen MR) is 78.4 cm³/mol. The van der Waals surface area contributed by atoms with Crippen LogP contribution in [0.2, 0.25) is 0 Å². The fourth-order valence-electron chi connectivity index (χ4n) is 1.79. The lowest BCUT2D eigenvalue weighted by Crippen LogP contribution is -2.35. The zero-order chi connectivity index (χ0) is 13.4. The van der Waals surface area contributed by atoms with Crippen molar-refractivity contribution >= 4 is 18.5 Å². The van der Waals surface area contributed by atoms with Crippen LogP contribution in [-0.4, -0.2) is 37.0 Å². The molecule has 0 aliphatic carbocycles. The first-order valence-electron chi connectivity index (χ1n) is 6.47. The number of carbonyl (C=O) groups excluding carboxylic acids is 1. The van der Waals surface area contributed by atoms with Gasteiger partial charge in [-0.3, -0.25) is 4.79 Å². The summed E-state index contributed by atoms with van der Waals surface area (Å²) < 4.78 is 0. The van der Waals surface area contributed by atoms with Crippen LogP contribution in [0.4, 0.5) is 0 Å². The van der Waals surface area contributed by atoms with E-state index in [1.54, 1.807) is 12.1 Å². The predicted octanol–water partition coefficient (Wildman–Crippen LogP) is 2.44. The SMILES string of the molecule is CCCN(CC)CCNC(=O)c1ccc(S)cc1. The highest BCUT2D eigenvalue weighted by Gasteiger charge is 2.05. The minimum atomic E-state index is -0.0177. The Bertz CT molecular complexity index is 365. The maximum Gasteiger partial charge on any atom is 0.251 e. The van der Waals surface area contributed by atoms with Gasteiger partial charge in [0.2, 0.25) is 0 Å². The van der Waals surface area contributed by atoms with Crippen LogP contribution in [0.15, 0.2) is 29.2 Å². The summed E-state index contributed by atoms with van der Waals surface area (Å²) in [5.74, 6) is -0.0177. The second kappa shape index (κ2) is 8.16. The molecule has 100 valence electrons. The highest BCUT2D eigenvalue weighted by molar-refractivity contribution is 7.80. The Morgan fingerprint density at radius 2 is 1.89 bits per heavy atom. The van der Waals surface area contributed by atoms with Crippen LogP contribution in [0, 0.1) is 0 Å². The van der Waals surface area contributed by atoms with E-state index in [4.69, 9.17) is 0 Å². The van der Waals surface area contributed by atoms with Gasteiger partial charge in [-0.25, -0.2) is 0 Å². The topological polar surface area (TPSA) is 32.3 Å². The number of hydrogen-bond acceptors (Lipinski definition) is 3. The highest BCUT2D eigenvalue weighted by atomic mass is 32.1. The number of amides is 1. The van der Waals surface area contributed by atoms with Crippen molar-refractivity contribution in [2.24, 2.45) is 0 Å². The average molecular weight is 266 g/mol. The number of carbonyl (C=O) groups is 1. The molecule has 1 aromatic rings. The molecule has 18 heavy (non-hydrogen) atoms. The van der Waals surface area contributed by atoms with Gasteiger partial charge in [-0.05, 0) is 43.8 Å². The third-order valence-corrected chi connectivity index (χ3v) is 3.13. The molecule has 0 unspecified atom stereocenters. The number of thiol groups is 1. The van der Waals surface area contributed by atoms with Gasteiger partial charge in [0.05, 0.1) is 0 Å².